The summed E-state index contributed by atoms with van der Waals surface area (Å²) >= 11 is 0. The fourth-order valence-corrected chi connectivity index (χ4v) is 3.26. The van der Waals surface area contributed by atoms with Gasteiger partial charge < -0.3 is 9.88 Å². The quantitative estimate of drug-likeness (QED) is 0.912. The molecule has 0 bridgehead atoms. The Bertz CT molecular complexity index is 669. The van der Waals surface area contributed by atoms with Gasteiger partial charge >= 0.3 is 0 Å². The zero-order chi connectivity index (χ0) is 15.7. The Morgan fingerprint density at radius 1 is 1.32 bits per heavy atom. The molecule has 1 N–H and O–H groups in total. The van der Waals surface area contributed by atoms with Gasteiger partial charge in [-0.05, 0) is 43.0 Å². The van der Waals surface area contributed by atoms with Crippen molar-refractivity contribution in [2.24, 2.45) is 5.92 Å². The maximum atomic E-state index is 13.3. The van der Waals surface area contributed by atoms with E-state index >= 15 is 0 Å². The van der Waals surface area contributed by atoms with Crippen LogP contribution in [0.2, 0.25) is 0 Å². The SMILES string of the molecule is CC(C)CC(=O)N1CCC(c2cc3cc(F)ccc3[nH]2)CC1. The van der Waals surface area contributed by atoms with Crippen LogP contribution in [0.5, 0.6) is 0 Å². The average Bonchev–Trinajstić information content (AvgIpc) is 2.89. The normalized spacial score (nSPS) is 16.6. The summed E-state index contributed by atoms with van der Waals surface area (Å²) < 4.78 is 13.3. The molecular weight excluding hydrogens is 279 g/mol. The third kappa shape index (κ3) is 3.16. The minimum atomic E-state index is -0.202. The third-order valence-electron chi connectivity index (χ3n) is 4.47. The molecule has 1 saturated heterocycles. The van der Waals surface area contributed by atoms with Crippen LogP contribution in [0, 0.1) is 11.7 Å². The monoisotopic (exact) mass is 302 g/mol. The van der Waals surface area contributed by atoms with Crippen LogP contribution >= 0.6 is 0 Å². The van der Waals surface area contributed by atoms with Gasteiger partial charge in [-0.15, -0.1) is 0 Å². The summed E-state index contributed by atoms with van der Waals surface area (Å²) in [5.74, 6) is 0.909. The molecule has 1 aromatic carbocycles. The summed E-state index contributed by atoms with van der Waals surface area (Å²) in [7, 11) is 0. The van der Waals surface area contributed by atoms with Crippen LogP contribution in [-0.4, -0.2) is 28.9 Å². The second-order valence-corrected chi connectivity index (χ2v) is 6.71. The molecule has 22 heavy (non-hydrogen) atoms. The summed E-state index contributed by atoms with van der Waals surface area (Å²) in [6, 6.07) is 6.89. The van der Waals surface area contributed by atoms with Crippen molar-refractivity contribution in [1.29, 1.82) is 0 Å². The highest BCUT2D eigenvalue weighted by atomic mass is 19.1. The summed E-state index contributed by atoms with van der Waals surface area (Å²) in [4.78, 5) is 17.5. The van der Waals surface area contributed by atoms with Gasteiger partial charge in [0, 0.05) is 42.0 Å². The number of hydrogen-bond acceptors (Lipinski definition) is 1. The maximum absolute atomic E-state index is 13.3. The number of H-pyrrole nitrogens is 1. The first-order valence-corrected chi connectivity index (χ1v) is 8.09. The summed E-state index contributed by atoms with van der Waals surface area (Å²) in [5.41, 5.74) is 2.14. The van der Waals surface area contributed by atoms with Crippen molar-refractivity contribution in [3.05, 3.63) is 35.8 Å². The van der Waals surface area contributed by atoms with E-state index in [9.17, 15) is 9.18 Å². The zero-order valence-corrected chi connectivity index (χ0v) is 13.2. The molecule has 118 valence electrons. The molecule has 0 saturated carbocycles. The van der Waals surface area contributed by atoms with Crippen molar-refractivity contribution in [2.75, 3.05) is 13.1 Å². The molecule has 0 radical (unpaired) electrons. The second kappa shape index (κ2) is 6.11. The lowest BCUT2D eigenvalue weighted by Crippen LogP contribution is -2.38. The molecule has 1 aliphatic heterocycles. The molecule has 1 aromatic heterocycles. The summed E-state index contributed by atoms with van der Waals surface area (Å²) in [5, 5.41) is 0.924. The molecule has 0 unspecified atom stereocenters. The van der Waals surface area contributed by atoms with E-state index in [1.54, 1.807) is 12.1 Å². The number of likely N-dealkylation sites (tertiary alicyclic amines) is 1. The van der Waals surface area contributed by atoms with Crippen molar-refractivity contribution in [1.82, 2.24) is 9.88 Å². The number of nitrogens with zero attached hydrogens (tertiary/aromatic N) is 1. The molecule has 3 rings (SSSR count). The van der Waals surface area contributed by atoms with Gasteiger partial charge in [0.25, 0.3) is 0 Å². The highest BCUT2D eigenvalue weighted by Gasteiger charge is 2.25. The van der Waals surface area contributed by atoms with Crippen molar-refractivity contribution in [3.8, 4) is 0 Å². The predicted molar refractivity (Wildman–Crippen MR) is 86.3 cm³/mol. The molecule has 0 atom stereocenters. The minimum absolute atomic E-state index is 0.202. The van der Waals surface area contributed by atoms with E-state index in [2.05, 4.69) is 24.9 Å². The van der Waals surface area contributed by atoms with E-state index in [1.165, 1.54) is 6.07 Å². The number of hydrogen-bond donors (Lipinski definition) is 1. The lowest BCUT2D eigenvalue weighted by molar-refractivity contribution is -0.133. The summed E-state index contributed by atoms with van der Waals surface area (Å²) in [6.45, 7) is 5.79. The van der Waals surface area contributed by atoms with E-state index in [0.717, 1.165) is 42.5 Å². The molecule has 0 aliphatic carbocycles. The van der Waals surface area contributed by atoms with Gasteiger partial charge in [-0.1, -0.05) is 13.8 Å². The fraction of sp³-hybridized carbons (Fsp3) is 0.500. The van der Waals surface area contributed by atoms with Crippen molar-refractivity contribution >= 4 is 16.8 Å². The Morgan fingerprint density at radius 3 is 2.73 bits per heavy atom. The van der Waals surface area contributed by atoms with Gasteiger partial charge in [-0.2, -0.15) is 0 Å². The Balaban J connectivity index is 1.66. The number of aromatic nitrogens is 1. The van der Waals surface area contributed by atoms with Gasteiger partial charge in [0.2, 0.25) is 5.91 Å². The number of benzene rings is 1. The Kier molecular flexibility index (Phi) is 4.19. The highest BCUT2D eigenvalue weighted by molar-refractivity contribution is 5.80. The average molecular weight is 302 g/mol. The number of amides is 1. The number of piperidine rings is 1. The van der Waals surface area contributed by atoms with Crippen LogP contribution in [0.25, 0.3) is 10.9 Å². The third-order valence-corrected chi connectivity index (χ3v) is 4.47. The molecule has 0 spiro atoms. The largest absolute Gasteiger partial charge is 0.358 e. The molecular formula is C18H23FN2O. The molecule has 4 heteroatoms. The number of carbonyl (C=O) groups is 1. The van der Waals surface area contributed by atoms with E-state index < -0.39 is 0 Å². The van der Waals surface area contributed by atoms with Crippen LogP contribution in [0.15, 0.2) is 24.3 Å². The van der Waals surface area contributed by atoms with Crippen molar-refractivity contribution in [3.63, 3.8) is 0 Å². The van der Waals surface area contributed by atoms with E-state index in [-0.39, 0.29) is 11.7 Å². The number of nitrogens with one attached hydrogen (secondary N) is 1. The first-order valence-electron chi connectivity index (χ1n) is 8.09. The van der Waals surface area contributed by atoms with Gasteiger partial charge in [-0.25, -0.2) is 4.39 Å². The molecule has 2 heterocycles. The van der Waals surface area contributed by atoms with E-state index in [1.807, 2.05) is 4.90 Å². The standard InChI is InChI=1S/C18H23FN2O/c1-12(2)9-18(22)21-7-5-13(6-8-21)17-11-14-10-15(19)3-4-16(14)20-17/h3-4,10-13,20H,5-9H2,1-2H3. The predicted octanol–water partition coefficient (Wildman–Crippen LogP) is 4.06. The first kappa shape index (κ1) is 15.1. The van der Waals surface area contributed by atoms with Gasteiger partial charge in [-0.3, -0.25) is 4.79 Å². The smallest absolute Gasteiger partial charge is 0.222 e. The lowest BCUT2D eigenvalue weighted by atomic mass is 9.93. The van der Waals surface area contributed by atoms with Crippen molar-refractivity contribution < 1.29 is 9.18 Å². The number of fused-ring (bicyclic) bond motifs is 1. The van der Waals surface area contributed by atoms with Crippen molar-refractivity contribution in [2.45, 2.75) is 39.0 Å². The second-order valence-electron chi connectivity index (χ2n) is 6.71. The van der Waals surface area contributed by atoms with Gasteiger partial charge in [0.05, 0.1) is 0 Å². The Labute approximate surface area is 130 Å². The van der Waals surface area contributed by atoms with Crippen LogP contribution in [0.1, 0.15) is 44.7 Å². The van der Waals surface area contributed by atoms with E-state index in [0.29, 0.717) is 18.3 Å². The number of halogens is 1. The molecule has 2 aromatic rings. The number of carbonyl (C=O) groups excluding carboxylic acids is 1. The zero-order valence-electron chi connectivity index (χ0n) is 13.2. The first-order chi connectivity index (χ1) is 10.5. The molecule has 3 nitrogen and oxygen atoms in total. The number of rotatable bonds is 3. The summed E-state index contributed by atoms with van der Waals surface area (Å²) in [6.07, 6.45) is 2.58. The maximum Gasteiger partial charge on any atom is 0.222 e. The van der Waals surface area contributed by atoms with Crippen LogP contribution in [-0.2, 0) is 4.79 Å². The molecule has 1 amide bonds. The topological polar surface area (TPSA) is 36.1 Å². The Morgan fingerprint density at radius 2 is 2.05 bits per heavy atom. The molecule has 1 aliphatic rings. The fourth-order valence-electron chi connectivity index (χ4n) is 3.26. The molecule has 1 fully saturated rings. The minimum Gasteiger partial charge on any atom is -0.358 e. The lowest BCUT2D eigenvalue weighted by Gasteiger charge is -2.32. The van der Waals surface area contributed by atoms with Crippen LogP contribution in [0.3, 0.4) is 0 Å². The van der Waals surface area contributed by atoms with Gasteiger partial charge in [0.1, 0.15) is 5.82 Å². The van der Waals surface area contributed by atoms with Crippen LogP contribution < -0.4 is 0 Å². The number of aromatic amines is 1. The highest BCUT2D eigenvalue weighted by Crippen LogP contribution is 2.30. The van der Waals surface area contributed by atoms with Gasteiger partial charge in [0.15, 0.2) is 0 Å². The Hall–Kier alpha value is -1.84. The van der Waals surface area contributed by atoms with Crippen LogP contribution in [0.4, 0.5) is 4.39 Å². The van der Waals surface area contributed by atoms with E-state index in [4.69, 9.17) is 0 Å².